The third-order valence-electron chi connectivity index (χ3n) is 4.72. The van der Waals surface area contributed by atoms with Crippen LogP contribution in [-0.2, 0) is 9.84 Å². The Morgan fingerprint density at radius 3 is 2.80 bits per heavy atom. The maximum atomic E-state index is 12.1. The summed E-state index contributed by atoms with van der Waals surface area (Å²) < 4.78 is 22.9. The van der Waals surface area contributed by atoms with Crippen LogP contribution >= 0.6 is 0 Å². The van der Waals surface area contributed by atoms with Crippen molar-refractivity contribution in [2.75, 3.05) is 23.4 Å². The van der Waals surface area contributed by atoms with Crippen molar-refractivity contribution in [3.05, 3.63) is 35.7 Å². The van der Waals surface area contributed by atoms with E-state index in [4.69, 9.17) is 0 Å². The fourth-order valence-electron chi connectivity index (χ4n) is 3.30. The Labute approximate surface area is 149 Å². The fraction of sp³-hybridized carbons (Fsp3) is 0.556. The molecule has 2 heterocycles. The molecule has 1 saturated heterocycles. The summed E-state index contributed by atoms with van der Waals surface area (Å²) in [6.45, 7) is 0.860. The van der Waals surface area contributed by atoms with E-state index < -0.39 is 9.84 Å². The summed E-state index contributed by atoms with van der Waals surface area (Å²) in [5.74, 6) is -0.153. The van der Waals surface area contributed by atoms with Crippen LogP contribution in [0, 0.1) is 0 Å². The average Bonchev–Trinajstić information content (AvgIpc) is 2.95. The van der Waals surface area contributed by atoms with Crippen molar-refractivity contribution in [2.24, 2.45) is 0 Å². The molecule has 1 aliphatic heterocycles. The standard InChI is InChI=1S/C18H25N3O3S/c22-18(21-16-9-11-25(23,24)13-16)17-7-6-15(12-20-17)19-10-8-14-4-2-1-3-5-14/h4,6-7,12,16,19H,1-3,5,8-11,13H2,(H,21,22). The van der Waals surface area contributed by atoms with Gasteiger partial charge in [-0.3, -0.25) is 4.79 Å². The zero-order chi connectivity index (χ0) is 17.7. The Hall–Kier alpha value is -1.89. The highest BCUT2D eigenvalue weighted by atomic mass is 32.2. The van der Waals surface area contributed by atoms with E-state index in [0.717, 1.165) is 18.7 Å². The van der Waals surface area contributed by atoms with E-state index in [1.807, 2.05) is 6.07 Å². The Bertz CT molecular complexity index is 741. The molecule has 0 radical (unpaired) electrons. The smallest absolute Gasteiger partial charge is 0.270 e. The SMILES string of the molecule is O=C(NC1CCS(=O)(=O)C1)c1ccc(NCCC2=CCCCC2)cn1. The lowest BCUT2D eigenvalue weighted by Crippen LogP contribution is -2.36. The average molecular weight is 363 g/mol. The van der Waals surface area contributed by atoms with Crippen LogP contribution in [0.5, 0.6) is 0 Å². The normalized spacial score (nSPS) is 22.2. The lowest BCUT2D eigenvalue weighted by atomic mass is 9.97. The first-order valence-electron chi connectivity index (χ1n) is 8.91. The topological polar surface area (TPSA) is 88.2 Å². The number of hydrogen-bond donors (Lipinski definition) is 2. The number of sulfone groups is 1. The van der Waals surface area contributed by atoms with Gasteiger partial charge in [0.2, 0.25) is 0 Å². The van der Waals surface area contributed by atoms with Gasteiger partial charge in [-0.15, -0.1) is 0 Å². The van der Waals surface area contributed by atoms with Gasteiger partial charge in [0.25, 0.3) is 5.91 Å². The first-order chi connectivity index (χ1) is 12.0. The molecule has 1 amide bonds. The zero-order valence-corrected chi connectivity index (χ0v) is 15.1. The molecule has 1 aromatic rings. The quantitative estimate of drug-likeness (QED) is 0.757. The van der Waals surface area contributed by atoms with Crippen LogP contribution in [0.3, 0.4) is 0 Å². The molecule has 1 fully saturated rings. The van der Waals surface area contributed by atoms with Crippen LogP contribution < -0.4 is 10.6 Å². The molecule has 1 unspecified atom stereocenters. The highest BCUT2D eigenvalue weighted by Gasteiger charge is 2.29. The van der Waals surface area contributed by atoms with Gasteiger partial charge in [-0.25, -0.2) is 13.4 Å². The second-order valence-electron chi connectivity index (χ2n) is 6.79. The predicted molar refractivity (Wildman–Crippen MR) is 98.4 cm³/mol. The summed E-state index contributed by atoms with van der Waals surface area (Å²) in [4.78, 5) is 16.3. The van der Waals surface area contributed by atoms with E-state index in [0.29, 0.717) is 12.1 Å². The molecule has 2 N–H and O–H groups in total. The van der Waals surface area contributed by atoms with E-state index in [2.05, 4.69) is 21.7 Å². The Balaban J connectivity index is 1.46. The molecule has 25 heavy (non-hydrogen) atoms. The summed E-state index contributed by atoms with van der Waals surface area (Å²) in [7, 11) is -3.00. The lowest BCUT2D eigenvalue weighted by molar-refractivity contribution is 0.0936. The number of anilines is 1. The highest BCUT2D eigenvalue weighted by Crippen LogP contribution is 2.20. The molecule has 0 aromatic carbocycles. The first-order valence-corrected chi connectivity index (χ1v) is 10.7. The molecule has 3 rings (SSSR count). The van der Waals surface area contributed by atoms with Gasteiger partial charge in [0.15, 0.2) is 9.84 Å². The summed E-state index contributed by atoms with van der Waals surface area (Å²) in [5.41, 5.74) is 2.72. The van der Waals surface area contributed by atoms with E-state index in [1.165, 1.54) is 31.3 Å². The van der Waals surface area contributed by atoms with Crippen LogP contribution in [0.4, 0.5) is 5.69 Å². The minimum Gasteiger partial charge on any atom is -0.383 e. The molecule has 1 aromatic heterocycles. The predicted octanol–water partition coefficient (Wildman–Crippen LogP) is 2.30. The Morgan fingerprint density at radius 1 is 1.28 bits per heavy atom. The number of aromatic nitrogens is 1. The largest absolute Gasteiger partial charge is 0.383 e. The molecule has 1 atom stereocenters. The van der Waals surface area contributed by atoms with Gasteiger partial charge in [0.05, 0.1) is 23.4 Å². The Morgan fingerprint density at radius 2 is 2.16 bits per heavy atom. The van der Waals surface area contributed by atoms with Crippen LogP contribution in [0.25, 0.3) is 0 Å². The number of amides is 1. The summed E-state index contributed by atoms with van der Waals surface area (Å²) in [6.07, 6.45) is 10.5. The van der Waals surface area contributed by atoms with Crippen molar-refractivity contribution in [1.29, 1.82) is 0 Å². The van der Waals surface area contributed by atoms with Crippen LogP contribution in [0.15, 0.2) is 30.0 Å². The molecule has 6 nitrogen and oxygen atoms in total. The molecule has 1 aliphatic carbocycles. The molecule has 0 bridgehead atoms. The third kappa shape index (κ3) is 5.29. The number of hydrogen-bond acceptors (Lipinski definition) is 5. The number of nitrogens with zero attached hydrogens (tertiary/aromatic N) is 1. The van der Waals surface area contributed by atoms with Gasteiger partial charge in [-0.2, -0.15) is 0 Å². The number of carbonyl (C=O) groups is 1. The van der Waals surface area contributed by atoms with Crippen molar-refractivity contribution in [1.82, 2.24) is 10.3 Å². The Kier molecular flexibility index (Phi) is 5.73. The van der Waals surface area contributed by atoms with Crippen molar-refractivity contribution in [3.8, 4) is 0 Å². The molecule has 0 saturated carbocycles. The van der Waals surface area contributed by atoms with Gasteiger partial charge < -0.3 is 10.6 Å². The van der Waals surface area contributed by atoms with Gasteiger partial charge in [0, 0.05) is 12.6 Å². The number of nitrogens with one attached hydrogen (secondary N) is 2. The molecule has 2 aliphatic rings. The third-order valence-corrected chi connectivity index (χ3v) is 6.49. The van der Waals surface area contributed by atoms with Gasteiger partial charge in [0.1, 0.15) is 5.69 Å². The summed E-state index contributed by atoms with van der Waals surface area (Å²) in [5, 5.41) is 6.08. The molecular formula is C18H25N3O3S. The maximum Gasteiger partial charge on any atom is 0.270 e. The van der Waals surface area contributed by atoms with E-state index in [-0.39, 0.29) is 23.5 Å². The second-order valence-corrected chi connectivity index (χ2v) is 9.02. The number of pyridine rings is 1. The maximum absolute atomic E-state index is 12.1. The van der Waals surface area contributed by atoms with Crippen LogP contribution in [0.1, 0.15) is 49.0 Å². The van der Waals surface area contributed by atoms with Crippen molar-refractivity contribution in [3.63, 3.8) is 0 Å². The highest BCUT2D eigenvalue weighted by molar-refractivity contribution is 7.91. The van der Waals surface area contributed by atoms with Crippen molar-refractivity contribution in [2.45, 2.75) is 44.6 Å². The van der Waals surface area contributed by atoms with Gasteiger partial charge in [-0.05, 0) is 50.7 Å². The molecule has 0 spiro atoms. The minimum absolute atomic E-state index is 0.0221. The second kappa shape index (κ2) is 7.99. The first kappa shape index (κ1) is 17.9. The van der Waals surface area contributed by atoms with Gasteiger partial charge in [-0.1, -0.05) is 11.6 Å². The molecule has 136 valence electrons. The van der Waals surface area contributed by atoms with Crippen LogP contribution in [-0.4, -0.2) is 43.4 Å². The summed E-state index contributed by atoms with van der Waals surface area (Å²) in [6, 6.07) is 3.20. The van der Waals surface area contributed by atoms with E-state index >= 15 is 0 Å². The van der Waals surface area contributed by atoms with Crippen molar-refractivity contribution >= 4 is 21.4 Å². The van der Waals surface area contributed by atoms with Gasteiger partial charge >= 0.3 is 0 Å². The monoisotopic (exact) mass is 363 g/mol. The van der Waals surface area contributed by atoms with Crippen LogP contribution in [0.2, 0.25) is 0 Å². The number of rotatable bonds is 6. The minimum atomic E-state index is -3.00. The van der Waals surface area contributed by atoms with Crippen molar-refractivity contribution < 1.29 is 13.2 Å². The molecular weight excluding hydrogens is 338 g/mol. The molecule has 7 heteroatoms. The fourth-order valence-corrected chi connectivity index (χ4v) is 4.97. The number of carbonyl (C=O) groups excluding carboxylic acids is 1. The number of allylic oxidation sites excluding steroid dienone is 1. The van der Waals surface area contributed by atoms with E-state index in [1.54, 1.807) is 12.3 Å². The zero-order valence-electron chi connectivity index (χ0n) is 14.3. The summed E-state index contributed by atoms with van der Waals surface area (Å²) >= 11 is 0. The lowest BCUT2D eigenvalue weighted by Gasteiger charge is -2.13. The van der Waals surface area contributed by atoms with E-state index in [9.17, 15) is 13.2 Å².